The Kier molecular flexibility index (Phi) is 6.99. The Morgan fingerprint density at radius 2 is 1.86 bits per heavy atom. The van der Waals surface area contributed by atoms with Gasteiger partial charge in [-0.25, -0.2) is 19.2 Å². The SMILES string of the molecule is O=C(NOCCO)c1cc(Cl)c(F)c(F)c1Nc1ncc(C(F)(F)F)cc1Cl. The molecule has 28 heavy (non-hydrogen) atoms. The molecule has 0 unspecified atom stereocenters. The number of aliphatic hydroxyl groups excluding tert-OH is 1. The van der Waals surface area contributed by atoms with E-state index in [1.54, 1.807) is 0 Å². The fourth-order valence-electron chi connectivity index (χ4n) is 1.92. The van der Waals surface area contributed by atoms with Crippen LogP contribution in [0.5, 0.6) is 0 Å². The first kappa shape index (κ1) is 22.1. The van der Waals surface area contributed by atoms with Gasteiger partial charge in [-0.2, -0.15) is 13.2 Å². The van der Waals surface area contributed by atoms with Crippen molar-refractivity contribution in [3.8, 4) is 0 Å². The number of hydrogen-bond acceptors (Lipinski definition) is 5. The van der Waals surface area contributed by atoms with Crippen LogP contribution in [0.3, 0.4) is 0 Å². The van der Waals surface area contributed by atoms with Crippen LogP contribution < -0.4 is 10.8 Å². The molecule has 1 heterocycles. The van der Waals surface area contributed by atoms with E-state index < -0.39 is 63.0 Å². The summed E-state index contributed by atoms with van der Waals surface area (Å²) in [6, 6.07) is 1.28. The summed E-state index contributed by atoms with van der Waals surface area (Å²) < 4.78 is 66.2. The summed E-state index contributed by atoms with van der Waals surface area (Å²) >= 11 is 11.3. The zero-order chi connectivity index (χ0) is 21.1. The Balaban J connectivity index is 2.44. The number of anilines is 2. The van der Waals surface area contributed by atoms with Crippen molar-refractivity contribution in [1.82, 2.24) is 10.5 Å². The zero-order valence-corrected chi connectivity index (χ0v) is 15.0. The largest absolute Gasteiger partial charge is 0.417 e. The van der Waals surface area contributed by atoms with Gasteiger partial charge >= 0.3 is 6.18 Å². The number of alkyl halides is 3. The van der Waals surface area contributed by atoms with Crippen molar-refractivity contribution in [2.45, 2.75) is 6.18 Å². The number of nitrogens with zero attached hydrogens (tertiary/aromatic N) is 1. The van der Waals surface area contributed by atoms with E-state index in [2.05, 4.69) is 15.1 Å². The average molecular weight is 446 g/mol. The second kappa shape index (κ2) is 8.86. The van der Waals surface area contributed by atoms with Gasteiger partial charge in [-0.1, -0.05) is 23.2 Å². The summed E-state index contributed by atoms with van der Waals surface area (Å²) in [6.07, 6.45) is -4.30. The van der Waals surface area contributed by atoms with Crippen molar-refractivity contribution < 1.29 is 36.7 Å². The van der Waals surface area contributed by atoms with Crippen molar-refractivity contribution in [3.63, 3.8) is 0 Å². The third-order valence-electron chi connectivity index (χ3n) is 3.18. The molecule has 0 saturated carbocycles. The highest BCUT2D eigenvalue weighted by molar-refractivity contribution is 6.33. The fourth-order valence-corrected chi connectivity index (χ4v) is 2.32. The van der Waals surface area contributed by atoms with E-state index in [0.717, 1.165) is 6.07 Å². The highest BCUT2D eigenvalue weighted by Gasteiger charge is 2.32. The molecule has 1 aromatic heterocycles. The molecule has 13 heteroatoms. The predicted molar refractivity (Wildman–Crippen MR) is 89.4 cm³/mol. The van der Waals surface area contributed by atoms with Gasteiger partial charge in [0, 0.05) is 6.20 Å². The standard InChI is InChI=1S/C15H10Cl2F5N3O3/c16-8-4-7(14(27)25-28-2-1-26)12(11(19)10(8)18)24-13-9(17)3-6(5-23-13)15(20,21)22/h3-5,26H,1-2H2,(H,23,24)(H,25,27). The Morgan fingerprint density at radius 1 is 1.18 bits per heavy atom. The zero-order valence-electron chi connectivity index (χ0n) is 13.5. The smallest absolute Gasteiger partial charge is 0.394 e. The van der Waals surface area contributed by atoms with Gasteiger partial charge in [0.1, 0.15) is 5.82 Å². The number of nitrogens with one attached hydrogen (secondary N) is 2. The second-order valence-corrected chi connectivity index (χ2v) is 5.90. The van der Waals surface area contributed by atoms with E-state index in [4.69, 9.17) is 28.3 Å². The van der Waals surface area contributed by atoms with Crippen LogP contribution in [-0.4, -0.2) is 29.2 Å². The lowest BCUT2D eigenvalue weighted by Gasteiger charge is -2.15. The van der Waals surface area contributed by atoms with Crippen LogP contribution in [-0.2, 0) is 11.0 Å². The maximum atomic E-state index is 14.3. The first-order valence-corrected chi connectivity index (χ1v) is 8.02. The van der Waals surface area contributed by atoms with Crippen LogP contribution in [0.2, 0.25) is 10.0 Å². The number of amides is 1. The number of pyridine rings is 1. The minimum atomic E-state index is -4.72. The fraction of sp³-hybridized carbons (Fsp3) is 0.200. The van der Waals surface area contributed by atoms with E-state index in [1.165, 1.54) is 0 Å². The van der Waals surface area contributed by atoms with Gasteiger partial charge in [-0.3, -0.25) is 9.63 Å². The molecule has 0 aliphatic carbocycles. The molecular formula is C15H10Cl2F5N3O3. The van der Waals surface area contributed by atoms with E-state index in [0.29, 0.717) is 12.3 Å². The van der Waals surface area contributed by atoms with Crippen molar-refractivity contribution >= 4 is 40.6 Å². The Hall–Kier alpha value is -2.21. The van der Waals surface area contributed by atoms with Gasteiger partial charge in [-0.05, 0) is 12.1 Å². The van der Waals surface area contributed by atoms with Crippen LogP contribution in [0.25, 0.3) is 0 Å². The Morgan fingerprint density at radius 3 is 2.43 bits per heavy atom. The van der Waals surface area contributed by atoms with E-state index in [1.807, 2.05) is 5.48 Å². The number of rotatable bonds is 6. The first-order valence-electron chi connectivity index (χ1n) is 7.26. The molecule has 0 bridgehead atoms. The van der Waals surface area contributed by atoms with E-state index in [9.17, 15) is 26.7 Å². The molecule has 0 atom stereocenters. The number of aliphatic hydroxyl groups is 1. The summed E-state index contributed by atoms with van der Waals surface area (Å²) in [5.41, 5.74) is -0.657. The number of hydroxylamine groups is 1. The van der Waals surface area contributed by atoms with E-state index in [-0.39, 0.29) is 6.61 Å². The summed E-state index contributed by atoms with van der Waals surface area (Å²) in [7, 11) is 0. The molecule has 0 aliphatic rings. The van der Waals surface area contributed by atoms with Gasteiger partial charge in [-0.15, -0.1) is 0 Å². The van der Waals surface area contributed by atoms with Gasteiger partial charge < -0.3 is 10.4 Å². The molecule has 0 spiro atoms. The monoisotopic (exact) mass is 445 g/mol. The number of aromatic nitrogens is 1. The minimum Gasteiger partial charge on any atom is -0.394 e. The lowest BCUT2D eigenvalue weighted by Crippen LogP contribution is -2.26. The van der Waals surface area contributed by atoms with Gasteiger partial charge in [0.15, 0.2) is 11.6 Å². The van der Waals surface area contributed by atoms with Crippen molar-refractivity contribution in [2.75, 3.05) is 18.5 Å². The molecule has 3 N–H and O–H groups in total. The lowest BCUT2D eigenvalue weighted by atomic mass is 10.1. The van der Waals surface area contributed by atoms with Gasteiger partial charge in [0.05, 0.1) is 40.1 Å². The van der Waals surface area contributed by atoms with Crippen LogP contribution in [0.1, 0.15) is 15.9 Å². The summed E-state index contributed by atoms with van der Waals surface area (Å²) in [6.45, 7) is -0.729. The van der Waals surface area contributed by atoms with Crippen LogP contribution in [0.4, 0.5) is 33.5 Å². The third-order valence-corrected chi connectivity index (χ3v) is 3.74. The summed E-state index contributed by atoms with van der Waals surface area (Å²) in [5, 5.41) is 9.49. The Bertz CT molecular complexity index is 896. The topological polar surface area (TPSA) is 83.5 Å². The highest BCUT2D eigenvalue weighted by atomic mass is 35.5. The number of carbonyl (C=O) groups is 1. The second-order valence-electron chi connectivity index (χ2n) is 5.09. The normalized spacial score (nSPS) is 11.4. The van der Waals surface area contributed by atoms with Gasteiger partial charge in [0.25, 0.3) is 5.91 Å². The molecule has 152 valence electrons. The van der Waals surface area contributed by atoms with Crippen LogP contribution in [0.15, 0.2) is 18.3 Å². The van der Waals surface area contributed by atoms with E-state index >= 15 is 0 Å². The lowest BCUT2D eigenvalue weighted by molar-refractivity contribution is -0.137. The van der Waals surface area contributed by atoms with Gasteiger partial charge in [0.2, 0.25) is 0 Å². The molecule has 0 aliphatic heterocycles. The molecule has 0 saturated heterocycles. The minimum absolute atomic E-state index is 0.293. The summed E-state index contributed by atoms with van der Waals surface area (Å²) in [4.78, 5) is 20.1. The molecular weight excluding hydrogens is 436 g/mol. The molecule has 1 aromatic carbocycles. The quantitative estimate of drug-likeness (QED) is 0.270. The molecule has 6 nitrogen and oxygen atoms in total. The van der Waals surface area contributed by atoms with Crippen LogP contribution >= 0.6 is 23.2 Å². The highest BCUT2D eigenvalue weighted by Crippen LogP contribution is 2.35. The Labute approximate surface area is 164 Å². The number of carbonyl (C=O) groups excluding carboxylic acids is 1. The molecule has 2 aromatic rings. The van der Waals surface area contributed by atoms with Crippen molar-refractivity contribution in [1.29, 1.82) is 0 Å². The van der Waals surface area contributed by atoms with Crippen molar-refractivity contribution in [3.05, 3.63) is 51.1 Å². The average Bonchev–Trinajstić information content (AvgIpc) is 2.62. The molecule has 2 rings (SSSR count). The maximum Gasteiger partial charge on any atom is 0.417 e. The molecule has 1 amide bonds. The number of benzene rings is 1. The predicted octanol–water partition coefficient (Wildman–Crippen LogP) is 4.08. The van der Waals surface area contributed by atoms with Crippen LogP contribution in [0, 0.1) is 11.6 Å². The molecule has 0 fully saturated rings. The molecule has 0 radical (unpaired) electrons. The number of hydrogen-bond donors (Lipinski definition) is 3. The van der Waals surface area contributed by atoms with Crippen molar-refractivity contribution in [2.24, 2.45) is 0 Å². The third kappa shape index (κ3) is 4.98. The number of halogens is 7. The maximum absolute atomic E-state index is 14.3. The first-order chi connectivity index (χ1) is 13.1. The summed E-state index contributed by atoms with van der Waals surface area (Å²) in [5.74, 6) is -4.67.